The number of para-hydroxylation sites is 2. The number of nitrogens with one attached hydrogen (secondary N) is 1. The third kappa shape index (κ3) is 3.49. The van der Waals surface area contributed by atoms with E-state index in [-0.39, 0.29) is 0 Å². The number of halogens is 1. The molecule has 1 aliphatic heterocycles. The largest absolute Gasteiger partial charge is 0.370 e. The van der Waals surface area contributed by atoms with Gasteiger partial charge in [-0.05, 0) is 18.2 Å². The van der Waals surface area contributed by atoms with E-state index in [2.05, 4.69) is 67.5 Å². The highest BCUT2D eigenvalue weighted by atomic mass is 79.9. The Balaban J connectivity index is 1.65. The number of nitrogens with two attached hydrogens (primary N) is 1. The molecule has 5 nitrogen and oxygen atoms in total. The lowest BCUT2D eigenvalue weighted by atomic mass is 10.2. The van der Waals surface area contributed by atoms with E-state index in [4.69, 9.17) is 10.5 Å². The summed E-state index contributed by atoms with van der Waals surface area (Å²) in [6.07, 6.45) is 0. The minimum atomic E-state index is 0.755. The van der Waals surface area contributed by atoms with E-state index >= 15 is 0 Å². The Morgan fingerprint density at radius 1 is 1.08 bits per heavy atom. The van der Waals surface area contributed by atoms with Crippen molar-refractivity contribution in [1.29, 1.82) is 0 Å². The summed E-state index contributed by atoms with van der Waals surface area (Å²) in [5.41, 5.74) is 10.2. The lowest BCUT2D eigenvalue weighted by Gasteiger charge is -2.23. The van der Waals surface area contributed by atoms with Crippen molar-refractivity contribution in [2.45, 2.75) is 13.1 Å². The van der Waals surface area contributed by atoms with Crippen molar-refractivity contribution >= 4 is 32.9 Å². The molecule has 6 heteroatoms. The molecule has 2 aromatic carbocycles. The van der Waals surface area contributed by atoms with E-state index in [1.165, 1.54) is 16.6 Å². The standard InChI is InChI=1S/C20H23BrN4O/c21-17-6-2-1-5-16(17)15-25-19-8-4-3-7-18(19)24(20(25)22)10-9-23-11-13-26-14-12-23/h1-8,22H,9-15H2/p+2. The van der Waals surface area contributed by atoms with Crippen LogP contribution in [-0.4, -0.2) is 37.4 Å². The van der Waals surface area contributed by atoms with Crippen molar-refractivity contribution in [2.24, 2.45) is 0 Å². The van der Waals surface area contributed by atoms with E-state index in [9.17, 15) is 0 Å². The van der Waals surface area contributed by atoms with Gasteiger partial charge in [-0.25, -0.2) is 9.13 Å². The van der Waals surface area contributed by atoms with Gasteiger partial charge in [0.1, 0.15) is 37.2 Å². The first-order valence-electron chi connectivity index (χ1n) is 9.15. The fraction of sp³-hybridized carbons (Fsp3) is 0.350. The molecule has 0 atom stereocenters. The molecule has 4 rings (SSSR count). The molecule has 0 aliphatic carbocycles. The zero-order valence-corrected chi connectivity index (χ0v) is 16.4. The number of nitrogens with zero attached hydrogens (tertiary/aromatic N) is 2. The number of rotatable bonds is 5. The fourth-order valence-corrected chi connectivity index (χ4v) is 4.10. The number of nitrogen functional groups attached to an aromatic ring is 1. The van der Waals surface area contributed by atoms with Crippen molar-refractivity contribution in [3.05, 3.63) is 58.6 Å². The van der Waals surface area contributed by atoms with Gasteiger partial charge in [-0.2, -0.15) is 0 Å². The van der Waals surface area contributed by atoms with Gasteiger partial charge < -0.3 is 9.64 Å². The van der Waals surface area contributed by atoms with Crippen LogP contribution in [0.5, 0.6) is 0 Å². The zero-order chi connectivity index (χ0) is 17.9. The number of morpholine rings is 1. The molecule has 3 aromatic rings. The normalized spacial score (nSPS) is 15.6. The van der Waals surface area contributed by atoms with Gasteiger partial charge in [0, 0.05) is 10.0 Å². The van der Waals surface area contributed by atoms with Crippen molar-refractivity contribution < 1.29 is 14.2 Å². The number of fused-ring (bicyclic) bond motifs is 1. The smallest absolute Gasteiger partial charge is 0.356 e. The average molecular weight is 417 g/mol. The summed E-state index contributed by atoms with van der Waals surface area (Å²) in [6.45, 7) is 6.63. The molecule has 0 saturated carbocycles. The number of anilines is 1. The Labute approximate surface area is 162 Å². The Morgan fingerprint density at radius 2 is 1.81 bits per heavy atom. The predicted octanol–water partition coefficient (Wildman–Crippen LogP) is 1.24. The molecular formula is C20H25BrN4O+2. The SMILES string of the molecule is Nc1n(CC[NH+]2CCOCC2)c2ccccc2[n+]1Cc1ccccc1Br. The van der Waals surface area contributed by atoms with Gasteiger partial charge in [0.2, 0.25) is 0 Å². The van der Waals surface area contributed by atoms with E-state index in [1.54, 1.807) is 4.90 Å². The van der Waals surface area contributed by atoms with Crippen LogP contribution in [0, 0.1) is 0 Å². The summed E-state index contributed by atoms with van der Waals surface area (Å²) in [6, 6.07) is 16.8. The van der Waals surface area contributed by atoms with Gasteiger partial charge in [0.15, 0.2) is 0 Å². The van der Waals surface area contributed by atoms with Crippen LogP contribution in [0.15, 0.2) is 53.0 Å². The van der Waals surface area contributed by atoms with Crippen LogP contribution in [0.3, 0.4) is 0 Å². The van der Waals surface area contributed by atoms with Crippen molar-refractivity contribution in [1.82, 2.24) is 4.57 Å². The summed E-state index contributed by atoms with van der Waals surface area (Å²) >= 11 is 3.66. The minimum absolute atomic E-state index is 0.755. The molecule has 3 N–H and O–H groups in total. The van der Waals surface area contributed by atoms with Crippen LogP contribution < -0.4 is 15.2 Å². The lowest BCUT2D eigenvalue weighted by molar-refractivity contribution is -0.908. The minimum Gasteiger partial charge on any atom is -0.370 e. The van der Waals surface area contributed by atoms with E-state index < -0.39 is 0 Å². The number of ether oxygens (including phenoxy) is 1. The highest BCUT2D eigenvalue weighted by Crippen LogP contribution is 2.19. The maximum absolute atomic E-state index is 6.61. The van der Waals surface area contributed by atoms with Crippen LogP contribution in [0.2, 0.25) is 0 Å². The molecule has 0 amide bonds. The Bertz CT molecular complexity index is 902. The summed E-state index contributed by atoms with van der Waals surface area (Å²) in [5.74, 6) is 0.814. The molecule has 0 bridgehead atoms. The molecular weight excluding hydrogens is 392 g/mol. The number of aromatic nitrogens is 2. The predicted molar refractivity (Wildman–Crippen MR) is 106 cm³/mol. The van der Waals surface area contributed by atoms with Crippen LogP contribution in [0.4, 0.5) is 5.95 Å². The van der Waals surface area contributed by atoms with Gasteiger partial charge >= 0.3 is 5.95 Å². The molecule has 26 heavy (non-hydrogen) atoms. The molecule has 0 unspecified atom stereocenters. The molecule has 1 aliphatic rings. The van der Waals surface area contributed by atoms with Crippen LogP contribution in [-0.2, 0) is 17.8 Å². The molecule has 1 fully saturated rings. The summed E-state index contributed by atoms with van der Waals surface area (Å²) < 4.78 is 11.0. The molecule has 1 saturated heterocycles. The molecule has 1 aromatic heterocycles. The van der Waals surface area contributed by atoms with Gasteiger partial charge in [-0.15, -0.1) is 0 Å². The number of benzene rings is 2. The first kappa shape index (κ1) is 17.5. The first-order chi connectivity index (χ1) is 12.7. The third-order valence-corrected chi connectivity index (χ3v) is 5.97. The Hall–Kier alpha value is -1.89. The van der Waals surface area contributed by atoms with Crippen molar-refractivity contribution in [3.63, 3.8) is 0 Å². The molecule has 2 heterocycles. The van der Waals surface area contributed by atoms with E-state index in [0.29, 0.717) is 0 Å². The fourth-order valence-electron chi connectivity index (χ4n) is 3.69. The Morgan fingerprint density at radius 3 is 2.62 bits per heavy atom. The summed E-state index contributed by atoms with van der Waals surface area (Å²) in [7, 11) is 0. The number of imidazole rings is 1. The number of hydrogen-bond donors (Lipinski definition) is 2. The maximum Gasteiger partial charge on any atom is 0.356 e. The van der Waals surface area contributed by atoms with Crippen molar-refractivity contribution in [2.75, 3.05) is 38.6 Å². The number of quaternary nitrogens is 1. The van der Waals surface area contributed by atoms with E-state index in [1.807, 2.05) is 6.07 Å². The lowest BCUT2D eigenvalue weighted by Crippen LogP contribution is -3.14. The highest BCUT2D eigenvalue weighted by Gasteiger charge is 2.23. The van der Waals surface area contributed by atoms with E-state index in [0.717, 1.165) is 56.4 Å². The van der Waals surface area contributed by atoms with Crippen LogP contribution in [0.1, 0.15) is 5.56 Å². The van der Waals surface area contributed by atoms with Gasteiger partial charge in [0.25, 0.3) is 0 Å². The molecule has 0 radical (unpaired) electrons. The molecule has 136 valence electrons. The van der Waals surface area contributed by atoms with Crippen molar-refractivity contribution in [3.8, 4) is 0 Å². The first-order valence-corrected chi connectivity index (χ1v) is 9.94. The van der Waals surface area contributed by atoms with Gasteiger partial charge in [0.05, 0.1) is 19.8 Å². The topological polar surface area (TPSA) is 48.5 Å². The summed E-state index contributed by atoms with van der Waals surface area (Å²) in [4.78, 5) is 1.59. The van der Waals surface area contributed by atoms with Gasteiger partial charge in [-0.3, -0.25) is 5.73 Å². The second kappa shape index (κ2) is 7.78. The zero-order valence-electron chi connectivity index (χ0n) is 14.8. The second-order valence-corrected chi connectivity index (χ2v) is 7.64. The van der Waals surface area contributed by atoms with Crippen LogP contribution in [0.25, 0.3) is 11.0 Å². The number of hydrogen-bond acceptors (Lipinski definition) is 2. The third-order valence-electron chi connectivity index (χ3n) is 5.19. The Kier molecular flexibility index (Phi) is 5.24. The molecule has 0 spiro atoms. The van der Waals surface area contributed by atoms with Gasteiger partial charge in [-0.1, -0.05) is 46.3 Å². The van der Waals surface area contributed by atoms with Crippen LogP contribution >= 0.6 is 15.9 Å². The average Bonchev–Trinajstić information content (AvgIpc) is 2.94. The maximum atomic E-state index is 6.61. The summed E-state index contributed by atoms with van der Waals surface area (Å²) in [5, 5.41) is 0. The quantitative estimate of drug-likeness (QED) is 0.614. The highest BCUT2D eigenvalue weighted by molar-refractivity contribution is 9.10. The second-order valence-electron chi connectivity index (χ2n) is 6.79. The monoisotopic (exact) mass is 416 g/mol.